The zero-order valence-corrected chi connectivity index (χ0v) is 11.9. The highest BCUT2D eigenvalue weighted by molar-refractivity contribution is 5.26. The van der Waals surface area contributed by atoms with Crippen molar-refractivity contribution >= 4 is 0 Å². The van der Waals surface area contributed by atoms with Gasteiger partial charge in [-0.2, -0.15) is 13.2 Å². The Hall–Kier alpha value is -1.03. The molecule has 0 amide bonds. The van der Waals surface area contributed by atoms with E-state index in [4.69, 9.17) is 0 Å². The maximum atomic E-state index is 12.7. The Kier molecular flexibility index (Phi) is 4.74. The van der Waals surface area contributed by atoms with E-state index in [1.807, 2.05) is 0 Å². The van der Waals surface area contributed by atoms with E-state index in [2.05, 4.69) is 12.2 Å². The zero-order chi connectivity index (χ0) is 14.6. The van der Waals surface area contributed by atoms with E-state index in [1.54, 1.807) is 6.07 Å². The molecule has 1 aromatic carbocycles. The molecule has 0 spiro atoms. The fourth-order valence-electron chi connectivity index (χ4n) is 3.01. The van der Waals surface area contributed by atoms with E-state index in [9.17, 15) is 13.2 Å². The van der Waals surface area contributed by atoms with Gasteiger partial charge in [-0.05, 0) is 50.3 Å². The van der Waals surface area contributed by atoms with Crippen molar-refractivity contribution in [1.29, 1.82) is 0 Å². The summed E-state index contributed by atoms with van der Waals surface area (Å²) in [7, 11) is 0. The summed E-state index contributed by atoms with van der Waals surface area (Å²) in [6, 6.07) is 5.72. The van der Waals surface area contributed by atoms with E-state index in [0.717, 1.165) is 37.4 Å². The van der Waals surface area contributed by atoms with Gasteiger partial charge in [0.15, 0.2) is 0 Å². The Bertz CT molecular complexity index is 434. The Labute approximate surface area is 118 Å². The fourth-order valence-corrected chi connectivity index (χ4v) is 3.01. The van der Waals surface area contributed by atoms with Crippen LogP contribution in [0.1, 0.15) is 50.2 Å². The van der Waals surface area contributed by atoms with Gasteiger partial charge in [-0.1, -0.05) is 31.5 Å². The molecule has 1 aromatic rings. The van der Waals surface area contributed by atoms with Crippen molar-refractivity contribution in [3.63, 3.8) is 0 Å². The lowest BCUT2D eigenvalue weighted by atomic mass is 9.81. The lowest BCUT2D eigenvalue weighted by molar-refractivity contribution is -0.137. The molecule has 2 rings (SSSR count). The molecule has 1 N–H and O–H groups in total. The van der Waals surface area contributed by atoms with Crippen molar-refractivity contribution in [3.8, 4) is 0 Å². The average Bonchev–Trinajstić information content (AvgIpc) is 2.46. The highest BCUT2D eigenvalue weighted by Crippen LogP contribution is 2.31. The molecule has 1 saturated heterocycles. The van der Waals surface area contributed by atoms with Gasteiger partial charge in [0.2, 0.25) is 0 Å². The van der Waals surface area contributed by atoms with Gasteiger partial charge in [-0.15, -0.1) is 0 Å². The van der Waals surface area contributed by atoms with Crippen molar-refractivity contribution < 1.29 is 13.2 Å². The van der Waals surface area contributed by atoms with Crippen molar-refractivity contribution in [2.24, 2.45) is 0 Å². The summed E-state index contributed by atoms with van der Waals surface area (Å²) < 4.78 is 38.1. The number of nitrogens with one attached hydrogen (secondary N) is 1. The third-order valence-corrected chi connectivity index (χ3v) is 4.41. The van der Waals surface area contributed by atoms with E-state index in [1.165, 1.54) is 25.0 Å². The van der Waals surface area contributed by atoms with Gasteiger partial charge in [0.25, 0.3) is 0 Å². The van der Waals surface area contributed by atoms with Crippen LogP contribution in [0, 0.1) is 0 Å². The number of halogens is 3. The first kappa shape index (κ1) is 15.4. The molecule has 1 aliphatic rings. The van der Waals surface area contributed by atoms with Crippen LogP contribution in [0.15, 0.2) is 24.3 Å². The molecule has 1 nitrogen and oxygen atoms in total. The molecule has 1 heterocycles. The van der Waals surface area contributed by atoms with Crippen LogP contribution >= 0.6 is 0 Å². The van der Waals surface area contributed by atoms with E-state index < -0.39 is 11.7 Å². The summed E-state index contributed by atoms with van der Waals surface area (Å²) in [6.45, 7) is 3.18. The molecule has 20 heavy (non-hydrogen) atoms. The zero-order valence-electron chi connectivity index (χ0n) is 11.9. The highest BCUT2D eigenvalue weighted by Gasteiger charge is 2.31. The van der Waals surface area contributed by atoms with Crippen LogP contribution < -0.4 is 5.32 Å². The third kappa shape index (κ3) is 3.75. The number of hydrogen-bond donors (Lipinski definition) is 1. The van der Waals surface area contributed by atoms with Gasteiger partial charge in [-0.3, -0.25) is 0 Å². The van der Waals surface area contributed by atoms with E-state index >= 15 is 0 Å². The number of rotatable bonds is 4. The molecule has 1 atom stereocenters. The fraction of sp³-hybridized carbons (Fsp3) is 0.625. The third-order valence-electron chi connectivity index (χ3n) is 4.41. The Morgan fingerprint density at radius 2 is 2.05 bits per heavy atom. The Balaban J connectivity index is 2.03. The summed E-state index contributed by atoms with van der Waals surface area (Å²) in [5.74, 6) is 0. The molecule has 0 aromatic heterocycles. The first-order valence-corrected chi connectivity index (χ1v) is 7.36. The van der Waals surface area contributed by atoms with E-state index in [0.29, 0.717) is 6.42 Å². The van der Waals surface area contributed by atoms with Crippen LogP contribution in [0.3, 0.4) is 0 Å². The minimum atomic E-state index is -4.25. The molecule has 1 aliphatic heterocycles. The largest absolute Gasteiger partial charge is 0.416 e. The van der Waals surface area contributed by atoms with Crippen LogP contribution in [-0.4, -0.2) is 12.1 Å². The number of hydrogen-bond acceptors (Lipinski definition) is 1. The van der Waals surface area contributed by atoms with Gasteiger partial charge in [0.1, 0.15) is 0 Å². The van der Waals surface area contributed by atoms with Crippen LogP contribution in [0.25, 0.3) is 0 Å². The van der Waals surface area contributed by atoms with Crippen LogP contribution in [0.4, 0.5) is 13.2 Å². The van der Waals surface area contributed by atoms with Crippen molar-refractivity contribution in [1.82, 2.24) is 5.32 Å². The summed E-state index contributed by atoms with van der Waals surface area (Å²) >= 11 is 0. The molecule has 0 saturated carbocycles. The molecule has 0 radical (unpaired) electrons. The predicted molar refractivity (Wildman–Crippen MR) is 74.6 cm³/mol. The molecule has 1 unspecified atom stereocenters. The summed E-state index contributed by atoms with van der Waals surface area (Å²) in [5.41, 5.74) is 0.351. The minimum Gasteiger partial charge on any atom is -0.311 e. The van der Waals surface area contributed by atoms with Gasteiger partial charge in [0.05, 0.1) is 5.56 Å². The predicted octanol–water partition coefficient (Wildman–Crippen LogP) is 4.56. The maximum Gasteiger partial charge on any atom is 0.416 e. The number of aryl methyl sites for hydroxylation is 1. The van der Waals surface area contributed by atoms with Gasteiger partial charge in [0, 0.05) is 5.54 Å². The molecule has 4 heteroatoms. The van der Waals surface area contributed by atoms with Crippen molar-refractivity contribution in [2.75, 3.05) is 6.54 Å². The molecule has 112 valence electrons. The molecular weight excluding hydrogens is 263 g/mol. The van der Waals surface area contributed by atoms with Gasteiger partial charge < -0.3 is 5.32 Å². The molecule has 1 fully saturated rings. The maximum absolute atomic E-state index is 12.7. The van der Waals surface area contributed by atoms with E-state index in [-0.39, 0.29) is 5.54 Å². The number of alkyl halides is 3. The topological polar surface area (TPSA) is 12.0 Å². The molecular formula is C16H22F3N. The second kappa shape index (κ2) is 6.17. The quantitative estimate of drug-likeness (QED) is 0.855. The van der Waals surface area contributed by atoms with Crippen molar-refractivity contribution in [2.45, 2.75) is 57.2 Å². The Morgan fingerprint density at radius 1 is 1.25 bits per heavy atom. The van der Waals surface area contributed by atoms with Crippen LogP contribution in [-0.2, 0) is 12.6 Å². The van der Waals surface area contributed by atoms with Crippen LogP contribution in [0.5, 0.6) is 0 Å². The second-order valence-corrected chi connectivity index (χ2v) is 5.72. The number of piperidine rings is 1. The molecule has 0 aliphatic carbocycles. The first-order valence-electron chi connectivity index (χ1n) is 7.36. The normalized spacial score (nSPS) is 23.8. The molecule has 0 bridgehead atoms. The summed E-state index contributed by atoms with van der Waals surface area (Å²) in [4.78, 5) is 0. The van der Waals surface area contributed by atoms with Gasteiger partial charge in [-0.25, -0.2) is 0 Å². The SMILES string of the molecule is CCC1(CCc2cccc(C(F)(F)F)c2)CCCCN1. The summed E-state index contributed by atoms with van der Waals surface area (Å²) in [6.07, 6.45) is 1.93. The smallest absolute Gasteiger partial charge is 0.311 e. The lowest BCUT2D eigenvalue weighted by Crippen LogP contribution is -2.48. The monoisotopic (exact) mass is 285 g/mol. The first-order chi connectivity index (χ1) is 9.45. The van der Waals surface area contributed by atoms with Crippen LogP contribution in [0.2, 0.25) is 0 Å². The standard InChI is InChI=1S/C16H22F3N/c1-2-15(9-3-4-11-20-15)10-8-13-6-5-7-14(12-13)16(17,18)19/h5-7,12,20H,2-4,8-11H2,1H3. The second-order valence-electron chi connectivity index (χ2n) is 5.72. The van der Waals surface area contributed by atoms with Gasteiger partial charge >= 0.3 is 6.18 Å². The summed E-state index contributed by atoms with van der Waals surface area (Å²) in [5, 5.41) is 3.58. The Morgan fingerprint density at radius 3 is 2.65 bits per heavy atom. The lowest BCUT2D eigenvalue weighted by Gasteiger charge is -2.38. The number of benzene rings is 1. The average molecular weight is 285 g/mol. The van der Waals surface area contributed by atoms with Crippen molar-refractivity contribution in [3.05, 3.63) is 35.4 Å². The highest BCUT2D eigenvalue weighted by atomic mass is 19.4. The minimum absolute atomic E-state index is 0.118.